The van der Waals surface area contributed by atoms with E-state index in [1.54, 1.807) is 36.5 Å². The molecule has 0 aliphatic heterocycles. The highest BCUT2D eigenvalue weighted by Gasteiger charge is 2.09. The molecule has 0 aliphatic rings. The first-order valence-corrected chi connectivity index (χ1v) is 9.84. The first kappa shape index (κ1) is 18.2. The molecule has 1 heterocycles. The van der Waals surface area contributed by atoms with Crippen LogP contribution < -0.4 is 0 Å². The van der Waals surface area contributed by atoms with Gasteiger partial charge in [0, 0.05) is 26.8 Å². The van der Waals surface area contributed by atoms with Crippen LogP contribution in [0, 0.1) is 0 Å². The predicted molar refractivity (Wildman–Crippen MR) is 115 cm³/mol. The Balaban J connectivity index is 1.60. The summed E-state index contributed by atoms with van der Waals surface area (Å²) in [7, 11) is 0. The highest BCUT2D eigenvalue weighted by Crippen LogP contribution is 2.31. The van der Waals surface area contributed by atoms with Crippen LogP contribution in [0.4, 0.5) is 5.69 Å². The summed E-state index contributed by atoms with van der Waals surface area (Å²) in [4.78, 5) is 8.88. The molecule has 0 atom stereocenters. The molecule has 0 bridgehead atoms. The Morgan fingerprint density at radius 3 is 2.59 bits per heavy atom. The van der Waals surface area contributed by atoms with Crippen molar-refractivity contribution in [1.82, 2.24) is 4.98 Å². The van der Waals surface area contributed by atoms with E-state index in [2.05, 4.69) is 41.8 Å². The molecular weight excluding hydrogens is 495 g/mol. The number of hydrogen-bond acceptors (Lipinski definition) is 4. The molecule has 0 aliphatic carbocycles. The van der Waals surface area contributed by atoms with Gasteiger partial charge < -0.3 is 9.52 Å². The molecule has 0 spiro atoms. The lowest BCUT2D eigenvalue weighted by atomic mass is 10.2. The molecule has 0 saturated heterocycles. The molecule has 0 radical (unpaired) electrons. The molecular formula is C20H11Br2ClN2O2. The van der Waals surface area contributed by atoms with Crippen molar-refractivity contribution in [2.75, 3.05) is 0 Å². The smallest absolute Gasteiger partial charge is 0.227 e. The molecule has 3 aromatic carbocycles. The maximum absolute atomic E-state index is 10.1. The van der Waals surface area contributed by atoms with E-state index in [-0.39, 0.29) is 5.75 Å². The van der Waals surface area contributed by atoms with Gasteiger partial charge in [-0.3, -0.25) is 4.99 Å². The van der Waals surface area contributed by atoms with Crippen LogP contribution in [0.15, 0.2) is 73.0 Å². The normalized spacial score (nSPS) is 11.5. The molecule has 0 fully saturated rings. The number of nitrogens with zero attached hydrogens (tertiary/aromatic N) is 2. The molecule has 0 saturated carbocycles. The highest BCUT2D eigenvalue weighted by molar-refractivity contribution is 9.11. The fraction of sp³-hybridized carbons (Fsp3) is 0. The van der Waals surface area contributed by atoms with E-state index in [1.165, 1.54) is 0 Å². The summed E-state index contributed by atoms with van der Waals surface area (Å²) in [6, 6.07) is 16.4. The molecule has 1 N–H and O–H groups in total. The summed E-state index contributed by atoms with van der Waals surface area (Å²) < 4.78 is 7.22. The van der Waals surface area contributed by atoms with E-state index < -0.39 is 0 Å². The third-order valence-electron chi connectivity index (χ3n) is 3.87. The van der Waals surface area contributed by atoms with Gasteiger partial charge in [-0.15, -0.1) is 0 Å². The van der Waals surface area contributed by atoms with Crippen LogP contribution in [0.2, 0.25) is 5.02 Å². The highest BCUT2D eigenvalue weighted by atomic mass is 79.9. The fourth-order valence-corrected chi connectivity index (χ4v) is 3.97. The van der Waals surface area contributed by atoms with Gasteiger partial charge in [-0.25, -0.2) is 4.98 Å². The van der Waals surface area contributed by atoms with Crippen molar-refractivity contribution in [2.45, 2.75) is 0 Å². The lowest BCUT2D eigenvalue weighted by molar-refractivity contribution is 0.471. The van der Waals surface area contributed by atoms with Crippen LogP contribution in [0.25, 0.3) is 22.6 Å². The summed E-state index contributed by atoms with van der Waals surface area (Å²) in [6.07, 6.45) is 1.61. The SMILES string of the molecule is Oc1c(Br)cc(Br)cc1C=Nc1ccc(-c2nc3cc(Cl)ccc3o2)cc1. The van der Waals surface area contributed by atoms with Gasteiger partial charge in [0.05, 0.1) is 10.2 Å². The van der Waals surface area contributed by atoms with Gasteiger partial charge >= 0.3 is 0 Å². The van der Waals surface area contributed by atoms with Gasteiger partial charge in [-0.2, -0.15) is 0 Å². The Kier molecular flexibility index (Phi) is 5.04. The maximum atomic E-state index is 10.1. The van der Waals surface area contributed by atoms with Crippen molar-refractivity contribution in [3.63, 3.8) is 0 Å². The standard InChI is InChI=1S/C20H11Br2ClN2O2/c21-13-7-12(19(26)16(22)8-13)10-24-15-4-1-11(2-5-15)20-25-17-9-14(23)3-6-18(17)27-20/h1-10,26H. The van der Waals surface area contributed by atoms with Gasteiger partial charge in [0.15, 0.2) is 5.58 Å². The lowest BCUT2D eigenvalue weighted by Crippen LogP contribution is -1.84. The second kappa shape index (κ2) is 7.46. The van der Waals surface area contributed by atoms with Crippen LogP contribution in [0.3, 0.4) is 0 Å². The van der Waals surface area contributed by atoms with Gasteiger partial charge in [-0.1, -0.05) is 27.5 Å². The minimum atomic E-state index is 0.142. The maximum Gasteiger partial charge on any atom is 0.227 e. The number of benzene rings is 3. The van der Waals surface area contributed by atoms with E-state index in [0.717, 1.165) is 21.2 Å². The second-order valence-corrected chi connectivity index (χ2v) is 7.97. The number of phenols is 1. The van der Waals surface area contributed by atoms with Crippen LogP contribution >= 0.6 is 43.5 Å². The average Bonchev–Trinajstić information content (AvgIpc) is 3.07. The third kappa shape index (κ3) is 3.93. The molecule has 4 nitrogen and oxygen atoms in total. The van der Waals surface area contributed by atoms with Crippen molar-refractivity contribution in [3.8, 4) is 17.2 Å². The Morgan fingerprint density at radius 1 is 1.04 bits per heavy atom. The summed E-state index contributed by atoms with van der Waals surface area (Å²) in [6.45, 7) is 0. The van der Waals surface area contributed by atoms with E-state index in [1.807, 2.05) is 24.3 Å². The Hall–Kier alpha value is -2.15. The van der Waals surface area contributed by atoms with Crippen molar-refractivity contribution in [1.29, 1.82) is 0 Å². The molecule has 4 rings (SSSR count). The van der Waals surface area contributed by atoms with Gasteiger partial charge in [0.2, 0.25) is 5.89 Å². The van der Waals surface area contributed by atoms with Crippen LogP contribution in [0.5, 0.6) is 5.75 Å². The van der Waals surface area contributed by atoms with Crippen LogP contribution in [0.1, 0.15) is 5.56 Å². The average molecular weight is 507 g/mol. The van der Waals surface area contributed by atoms with Crippen molar-refractivity contribution in [3.05, 3.63) is 74.1 Å². The summed E-state index contributed by atoms with van der Waals surface area (Å²) in [5.41, 5.74) is 3.60. The summed E-state index contributed by atoms with van der Waals surface area (Å²) in [5, 5.41) is 10.7. The van der Waals surface area contributed by atoms with Gasteiger partial charge in [0.25, 0.3) is 0 Å². The predicted octanol–water partition coefficient (Wildman–Crippen LogP) is 7.13. The molecule has 27 heavy (non-hydrogen) atoms. The van der Waals surface area contributed by atoms with Crippen molar-refractivity contribution >= 4 is 66.5 Å². The van der Waals surface area contributed by atoms with Crippen LogP contribution in [-0.2, 0) is 0 Å². The minimum absolute atomic E-state index is 0.142. The number of rotatable bonds is 3. The number of aromatic hydroxyl groups is 1. The molecule has 0 unspecified atom stereocenters. The number of aliphatic imine (C=N–C) groups is 1. The number of halogens is 3. The molecule has 1 aromatic heterocycles. The van der Waals surface area contributed by atoms with E-state index in [0.29, 0.717) is 26.5 Å². The Bertz CT molecular complexity index is 1170. The number of aromatic nitrogens is 1. The molecule has 0 amide bonds. The largest absolute Gasteiger partial charge is 0.506 e. The zero-order chi connectivity index (χ0) is 19.0. The Labute approximate surface area is 176 Å². The number of oxazole rings is 1. The summed E-state index contributed by atoms with van der Waals surface area (Å²) >= 11 is 12.7. The number of hydrogen-bond donors (Lipinski definition) is 1. The van der Waals surface area contributed by atoms with E-state index >= 15 is 0 Å². The first-order valence-electron chi connectivity index (χ1n) is 7.88. The second-order valence-electron chi connectivity index (χ2n) is 5.76. The quantitative estimate of drug-likeness (QED) is 0.301. The summed E-state index contributed by atoms with van der Waals surface area (Å²) in [5.74, 6) is 0.667. The van der Waals surface area contributed by atoms with Gasteiger partial charge in [-0.05, 0) is 70.5 Å². The monoisotopic (exact) mass is 504 g/mol. The van der Waals surface area contributed by atoms with E-state index in [4.69, 9.17) is 16.0 Å². The Morgan fingerprint density at radius 2 is 1.81 bits per heavy atom. The van der Waals surface area contributed by atoms with E-state index in [9.17, 15) is 5.11 Å². The van der Waals surface area contributed by atoms with Gasteiger partial charge in [0.1, 0.15) is 11.3 Å². The lowest BCUT2D eigenvalue weighted by Gasteiger charge is -2.03. The minimum Gasteiger partial charge on any atom is -0.506 e. The molecule has 7 heteroatoms. The molecule has 4 aromatic rings. The zero-order valence-electron chi connectivity index (χ0n) is 13.7. The van der Waals surface area contributed by atoms with Crippen LogP contribution in [-0.4, -0.2) is 16.3 Å². The fourth-order valence-electron chi connectivity index (χ4n) is 2.54. The number of fused-ring (bicyclic) bond motifs is 1. The van der Waals surface area contributed by atoms with Crippen molar-refractivity contribution in [2.24, 2.45) is 4.99 Å². The molecule has 134 valence electrons. The zero-order valence-corrected chi connectivity index (χ0v) is 17.6. The third-order valence-corrected chi connectivity index (χ3v) is 5.17. The first-order chi connectivity index (χ1) is 13.0. The van der Waals surface area contributed by atoms with Crippen molar-refractivity contribution < 1.29 is 9.52 Å². The topological polar surface area (TPSA) is 58.6 Å². The number of phenolic OH excluding ortho intramolecular Hbond substituents is 1.